The highest BCUT2D eigenvalue weighted by atomic mass is 35.5. The molecule has 0 amide bonds. The van der Waals surface area contributed by atoms with Gasteiger partial charge in [0.2, 0.25) is 0 Å². The van der Waals surface area contributed by atoms with E-state index in [-0.39, 0.29) is 0 Å². The van der Waals surface area contributed by atoms with Crippen molar-refractivity contribution in [2.24, 2.45) is 5.73 Å². The van der Waals surface area contributed by atoms with Gasteiger partial charge in [-0.1, -0.05) is 17.7 Å². The normalized spacial score (nSPS) is 10.6. The Hall–Kier alpha value is -1.12. The average Bonchev–Trinajstić information content (AvgIpc) is 2.09. The van der Waals surface area contributed by atoms with Gasteiger partial charge in [0, 0.05) is 29.0 Å². The highest BCUT2D eigenvalue weighted by Gasteiger charge is 1.95. The molecule has 0 fully saturated rings. The van der Waals surface area contributed by atoms with Gasteiger partial charge in [0.1, 0.15) is 5.15 Å². The van der Waals surface area contributed by atoms with Crippen molar-refractivity contribution in [2.45, 2.75) is 5.75 Å². The third kappa shape index (κ3) is 6.40. The number of nitrogens with zero attached hydrogens (tertiary/aromatic N) is 2. The number of nitrogens with two attached hydrogens (primary N) is 1. The summed E-state index contributed by atoms with van der Waals surface area (Å²) >= 11 is 5.56. The van der Waals surface area contributed by atoms with Crippen LogP contribution in [-0.4, -0.2) is 15.4 Å². The van der Waals surface area contributed by atoms with E-state index in [1.807, 2.05) is 6.07 Å². The highest BCUT2D eigenvalue weighted by molar-refractivity contribution is 7.83. The van der Waals surface area contributed by atoms with Crippen LogP contribution in [0, 0.1) is 11.5 Å². The van der Waals surface area contributed by atoms with E-state index >= 15 is 0 Å². The van der Waals surface area contributed by atoms with Crippen molar-refractivity contribution in [3.63, 3.8) is 0 Å². The summed E-state index contributed by atoms with van der Waals surface area (Å²) in [5.41, 5.74) is 5.11. The van der Waals surface area contributed by atoms with Gasteiger partial charge in [-0.2, -0.15) is 5.26 Å². The molecule has 0 spiro atoms. The molecule has 0 bridgehead atoms. The molecule has 14 heavy (non-hydrogen) atoms. The molecule has 2 N–H and O–H groups in total. The van der Waals surface area contributed by atoms with Crippen LogP contribution in [0.3, 0.4) is 0 Å². The molecule has 0 aromatic carbocycles. The summed E-state index contributed by atoms with van der Waals surface area (Å²) in [5.74, 6) is 0.546. The molecule has 1 heterocycles. The van der Waals surface area contributed by atoms with Gasteiger partial charge in [0.15, 0.2) is 6.19 Å². The monoisotopic (exact) mass is 231 g/mol. The minimum Gasteiger partial charge on any atom is -0.337 e. The van der Waals surface area contributed by atoms with Gasteiger partial charge < -0.3 is 5.73 Å². The first-order valence-corrected chi connectivity index (χ1v) is 5.70. The molecule has 1 aromatic heterocycles. The standard InChI is InChI=1S/C7H8ClNOS.CH2N2/c1-11(10)5-6-2-3-7(8)9-4-6;2-1-3/h2-4H,5H2,1H3;2H2. The Labute approximate surface area is 90.2 Å². The van der Waals surface area contributed by atoms with E-state index < -0.39 is 10.8 Å². The number of nitriles is 1. The average molecular weight is 232 g/mol. The van der Waals surface area contributed by atoms with Gasteiger partial charge in [-0.15, -0.1) is 0 Å². The Morgan fingerprint density at radius 2 is 2.29 bits per heavy atom. The van der Waals surface area contributed by atoms with Crippen LogP contribution >= 0.6 is 11.6 Å². The quantitative estimate of drug-likeness (QED) is 0.469. The van der Waals surface area contributed by atoms with Crippen molar-refractivity contribution in [1.29, 1.82) is 5.26 Å². The van der Waals surface area contributed by atoms with E-state index in [2.05, 4.69) is 10.7 Å². The van der Waals surface area contributed by atoms with Crippen molar-refractivity contribution >= 4 is 22.4 Å². The Kier molecular flexibility index (Phi) is 6.72. The van der Waals surface area contributed by atoms with Gasteiger partial charge in [0.05, 0.1) is 0 Å². The molecule has 1 rings (SSSR count). The molecule has 76 valence electrons. The lowest BCUT2D eigenvalue weighted by molar-refractivity contribution is 0.686. The van der Waals surface area contributed by atoms with E-state index in [0.717, 1.165) is 5.56 Å². The van der Waals surface area contributed by atoms with Crippen molar-refractivity contribution in [2.75, 3.05) is 6.26 Å². The fourth-order valence-corrected chi connectivity index (χ4v) is 1.48. The van der Waals surface area contributed by atoms with Crippen LogP contribution in [0.4, 0.5) is 0 Å². The molecular formula is C8H10ClN3OS. The molecule has 0 aliphatic carbocycles. The first-order valence-electron chi connectivity index (χ1n) is 3.60. The topological polar surface area (TPSA) is 79.8 Å². The summed E-state index contributed by atoms with van der Waals surface area (Å²) in [6, 6.07) is 3.53. The first kappa shape index (κ1) is 12.9. The maximum Gasteiger partial charge on any atom is 0.173 e. The van der Waals surface area contributed by atoms with Gasteiger partial charge in [-0.25, -0.2) is 4.98 Å². The Balaban J connectivity index is 0.000000500. The summed E-state index contributed by atoms with van der Waals surface area (Å²) in [5, 5.41) is 7.57. The fraction of sp³-hybridized carbons (Fsp3) is 0.250. The predicted molar refractivity (Wildman–Crippen MR) is 56.8 cm³/mol. The summed E-state index contributed by atoms with van der Waals surface area (Å²) < 4.78 is 10.7. The number of aromatic nitrogens is 1. The summed E-state index contributed by atoms with van der Waals surface area (Å²) in [6.45, 7) is 0. The number of pyridine rings is 1. The van der Waals surface area contributed by atoms with Crippen LogP contribution in [0.25, 0.3) is 0 Å². The van der Waals surface area contributed by atoms with E-state index in [4.69, 9.17) is 16.9 Å². The number of hydrogen-bond acceptors (Lipinski definition) is 4. The lowest BCUT2D eigenvalue weighted by atomic mass is 10.3. The molecule has 0 aliphatic rings. The molecule has 0 aliphatic heterocycles. The third-order valence-electron chi connectivity index (χ3n) is 1.16. The van der Waals surface area contributed by atoms with Gasteiger partial charge in [0.25, 0.3) is 0 Å². The highest BCUT2D eigenvalue weighted by Crippen LogP contribution is 2.06. The summed E-state index contributed by atoms with van der Waals surface area (Å²) in [6.07, 6.45) is 4.55. The Morgan fingerprint density at radius 1 is 1.71 bits per heavy atom. The first-order chi connectivity index (χ1) is 6.60. The molecule has 1 unspecified atom stereocenters. The zero-order chi connectivity index (χ0) is 11.0. The predicted octanol–water partition coefficient (Wildman–Crippen LogP) is 1.04. The largest absolute Gasteiger partial charge is 0.337 e. The maximum absolute atomic E-state index is 10.7. The second-order valence-corrected chi connectivity index (χ2v) is 4.16. The zero-order valence-electron chi connectivity index (χ0n) is 7.61. The third-order valence-corrected chi connectivity index (χ3v) is 2.12. The molecular weight excluding hydrogens is 222 g/mol. The lowest BCUT2D eigenvalue weighted by Crippen LogP contribution is -1.92. The van der Waals surface area contributed by atoms with Crippen LogP contribution in [-0.2, 0) is 16.6 Å². The molecule has 0 saturated heterocycles. The van der Waals surface area contributed by atoms with Crippen LogP contribution in [0.1, 0.15) is 5.56 Å². The maximum atomic E-state index is 10.7. The molecule has 0 radical (unpaired) electrons. The fourth-order valence-electron chi connectivity index (χ4n) is 0.727. The van der Waals surface area contributed by atoms with Crippen molar-refractivity contribution in [1.82, 2.24) is 4.98 Å². The number of halogens is 1. The van der Waals surface area contributed by atoms with Crippen molar-refractivity contribution < 1.29 is 4.21 Å². The Bertz CT molecular complexity index is 333. The van der Waals surface area contributed by atoms with Gasteiger partial charge in [-0.3, -0.25) is 4.21 Å². The molecule has 1 aromatic rings. The summed E-state index contributed by atoms with van der Waals surface area (Å²) in [4.78, 5) is 3.86. The molecule has 1 atom stereocenters. The second kappa shape index (κ2) is 7.30. The van der Waals surface area contributed by atoms with E-state index in [1.54, 1.807) is 18.5 Å². The van der Waals surface area contributed by atoms with Crippen LogP contribution < -0.4 is 5.73 Å². The van der Waals surface area contributed by atoms with E-state index in [0.29, 0.717) is 10.9 Å². The Morgan fingerprint density at radius 3 is 2.64 bits per heavy atom. The SMILES string of the molecule is CS(=O)Cc1ccc(Cl)nc1.N#CN. The number of rotatable bonds is 2. The van der Waals surface area contributed by atoms with Crippen LogP contribution in [0.2, 0.25) is 5.15 Å². The molecule has 4 nitrogen and oxygen atoms in total. The van der Waals surface area contributed by atoms with E-state index in [9.17, 15) is 4.21 Å². The smallest absolute Gasteiger partial charge is 0.173 e. The minimum absolute atomic E-state index is 0.468. The lowest BCUT2D eigenvalue weighted by Gasteiger charge is -1.95. The zero-order valence-corrected chi connectivity index (χ0v) is 9.18. The van der Waals surface area contributed by atoms with E-state index in [1.165, 1.54) is 6.19 Å². The molecule has 6 heteroatoms. The van der Waals surface area contributed by atoms with Gasteiger partial charge in [-0.05, 0) is 11.6 Å². The number of hydrogen-bond donors (Lipinski definition) is 1. The van der Waals surface area contributed by atoms with Crippen molar-refractivity contribution in [3.8, 4) is 6.19 Å². The van der Waals surface area contributed by atoms with Crippen LogP contribution in [0.15, 0.2) is 18.3 Å². The summed E-state index contributed by atoms with van der Waals surface area (Å²) in [7, 11) is -0.806. The minimum atomic E-state index is -0.806. The van der Waals surface area contributed by atoms with Crippen LogP contribution in [0.5, 0.6) is 0 Å². The second-order valence-electron chi connectivity index (χ2n) is 2.34. The molecule has 0 saturated carbocycles. The van der Waals surface area contributed by atoms with Gasteiger partial charge >= 0.3 is 0 Å². The van der Waals surface area contributed by atoms with Crippen molar-refractivity contribution in [3.05, 3.63) is 29.0 Å².